The van der Waals surface area contributed by atoms with Crippen LogP contribution < -0.4 is 4.74 Å². The molecular weight excluding hydrogens is 483 g/mol. The summed E-state index contributed by atoms with van der Waals surface area (Å²) in [4.78, 5) is 27.1. The summed E-state index contributed by atoms with van der Waals surface area (Å²) in [7, 11) is 0. The topological polar surface area (TPSA) is 71.8 Å². The molecule has 0 bridgehead atoms. The van der Waals surface area contributed by atoms with Gasteiger partial charge in [0.15, 0.2) is 0 Å². The number of aryl methyl sites for hydroxylation is 1. The number of benzene rings is 3. The number of rotatable bonds is 10. The number of fused-ring (bicyclic) bond motifs is 3. The SMILES string of the molecule is O=C(O)Cn1c2c(c3cc(F)ccc31)CC(N(CCOc1ccccc1)C(=O)CCc1ccccc1)CC2. The second-order valence-corrected chi connectivity index (χ2v) is 9.70. The van der Waals surface area contributed by atoms with Crippen molar-refractivity contribution in [2.45, 2.75) is 44.7 Å². The molecule has 1 unspecified atom stereocenters. The lowest BCUT2D eigenvalue weighted by Crippen LogP contribution is -2.45. The first kappa shape index (κ1) is 25.5. The Morgan fingerprint density at radius 1 is 1.03 bits per heavy atom. The molecule has 1 N–H and O–H groups in total. The molecule has 38 heavy (non-hydrogen) atoms. The van der Waals surface area contributed by atoms with Crippen LogP contribution >= 0.6 is 0 Å². The third-order valence-corrected chi connectivity index (χ3v) is 7.27. The van der Waals surface area contributed by atoms with Crippen LogP contribution in [0.3, 0.4) is 0 Å². The molecular formula is C31H31FN2O4. The van der Waals surface area contributed by atoms with Gasteiger partial charge >= 0.3 is 5.97 Å². The van der Waals surface area contributed by atoms with Gasteiger partial charge < -0.3 is 19.3 Å². The molecule has 1 aliphatic carbocycles. The quantitative estimate of drug-likeness (QED) is 0.313. The number of carboxylic acid groups (broad SMARTS) is 1. The Balaban J connectivity index is 1.39. The highest BCUT2D eigenvalue weighted by Crippen LogP contribution is 2.34. The van der Waals surface area contributed by atoms with E-state index in [1.807, 2.05) is 65.6 Å². The van der Waals surface area contributed by atoms with E-state index in [-0.39, 0.29) is 24.3 Å². The summed E-state index contributed by atoms with van der Waals surface area (Å²) < 4.78 is 22.0. The van der Waals surface area contributed by atoms with Crippen LogP contribution in [0.5, 0.6) is 5.75 Å². The summed E-state index contributed by atoms with van der Waals surface area (Å²) in [6, 6.07) is 23.9. The molecule has 4 aromatic rings. The number of para-hydroxylation sites is 1. The lowest BCUT2D eigenvalue weighted by molar-refractivity contribution is -0.137. The van der Waals surface area contributed by atoms with E-state index >= 15 is 0 Å². The van der Waals surface area contributed by atoms with Crippen LogP contribution in [-0.4, -0.2) is 45.6 Å². The van der Waals surface area contributed by atoms with E-state index in [9.17, 15) is 19.1 Å². The molecule has 1 heterocycles. The minimum atomic E-state index is -0.938. The van der Waals surface area contributed by atoms with Gasteiger partial charge in [0.2, 0.25) is 5.91 Å². The number of hydrogen-bond acceptors (Lipinski definition) is 3. The van der Waals surface area contributed by atoms with E-state index < -0.39 is 5.97 Å². The fraction of sp³-hybridized carbons (Fsp3) is 0.290. The van der Waals surface area contributed by atoms with Gasteiger partial charge in [-0.25, -0.2) is 4.39 Å². The van der Waals surface area contributed by atoms with Crippen molar-refractivity contribution < 1.29 is 23.8 Å². The van der Waals surface area contributed by atoms with Crippen molar-refractivity contribution in [1.29, 1.82) is 0 Å². The first-order valence-corrected chi connectivity index (χ1v) is 13.0. The summed E-state index contributed by atoms with van der Waals surface area (Å²) in [5.41, 5.74) is 3.68. The van der Waals surface area contributed by atoms with Crippen LogP contribution in [0.4, 0.5) is 4.39 Å². The summed E-state index contributed by atoms with van der Waals surface area (Å²) in [6.45, 7) is 0.622. The minimum Gasteiger partial charge on any atom is -0.492 e. The van der Waals surface area contributed by atoms with Crippen LogP contribution in [0.2, 0.25) is 0 Å². The van der Waals surface area contributed by atoms with Gasteiger partial charge in [0, 0.05) is 29.1 Å². The molecule has 1 atom stereocenters. The maximum Gasteiger partial charge on any atom is 0.323 e. The predicted octanol–water partition coefficient (Wildman–Crippen LogP) is 5.26. The maximum atomic E-state index is 14.2. The van der Waals surface area contributed by atoms with Gasteiger partial charge in [0.1, 0.15) is 24.7 Å². The molecule has 1 amide bonds. The van der Waals surface area contributed by atoms with Gasteiger partial charge in [-0.2, -0.15) is 0 Å². The van der Waals surface area contributed by atoms with Gasteiger partial charge in [-0.1, -0.05) is 48.5 Å². The van der Waals surface area contributed by atoms with Gasteiger partial charge in [-0.3, -0.25) is 9.59 Å². The molecule has 196 valence electrons. The van der Waals surface area contributed by atoms with Crippen LogP contribution in [0.15, 0.2) is 78.9 Å². The first-order valence-electron chi connectivity index (χ1n) is 13.0. The summed E-state index contributed by atoms with van der Waals surface area (Å²) in [5.74, 6) is -0.490. The second-order valence-electron chi connectivity index (χ2n) is 9.70. The van der Waals surface area contributed by atoms with E-state index in [1.165, 1.54) is 12.1 Å². The van der Waals surface area contributed by atoms with Crippen molar-refractivity contribution in [2.75, 3.05) is 13.2 Å². The Morgan fingerprint density at radius 3 is 2.50 bits per heavy atom. The van der Waals surface area contributed by atoms with Crippen LogP contribution in [0.25, 0.3) is 10.9 Å². The average Bonchev–Trinajstić information content (AvgIpc) is 3.22. The first-order chi connectivity index (χ1) is 18.5. The monoisotopic (exact) mass is 514 g/mol. The molecule has 1 aromatic heterocycles. The van der Waals surface area contributed by atoms with Gasteiger partial charge in [0.05, 0.1) is 6.54 Å². The maximum absolute atomic E-state index is 14.2. The highest BCUT2D eigenvalue weighted by Gasteiger charge is 2.31. The van der Waals surface area contributed by atoms with Crippen molar-refractivity contribution >= 4 is 22.8 Å². The molecule has 0 saturated carbocycles. The van der Waals surface area contributed by atoms with Crippen LogP contribution in [0.1, 0.15) is 29.7 Å². The lowest BCUT2D eigenvalue weighted by atomic mass is 9.90. The van der Waals surface area contributed by atoms with Crippen molar-refractivity contribution in [1.82, 2.24) is 9.47 Å². The normalized spacial score (nSPS) is 14.7. The number of aliphatic carboxylic acids is 1. The highest BCUT2D eigenvalue weighted by molar-refractivity contribution is 5.87. The highest BCUT2D eigenvalue weighted by atomic mass is 19.1. The van der Waals surface area contributed by atoms with Crippen molar-refractivity contribution in [3.8, 4) is 5.75 Å². The third kappa shape index (κ3) is 5.72. The third-order valence-electron chi connectivity index (χ3n) is 7.27. The molecule has 3 aromatic carbocycles. The summed E-state index contributed by atoms with van der Waals surface area (Å²) >= 11 is 0. The molecule has 5 rings (SSSR count). The van der Waals surface area contributed by atoms with E-state index in [0.29, 0.717) is 50.8 Å². The standard InChI is InChI=1S/C31H31FN2O4/c32-23-12-14-28-26(19-23)27-20-24(13-15-29(27)34(28)21-31(36)37)33(17-18-38-25-9-5-2-6-10-25)30(35)16-11-22-7-3-1-4-8-22/h1-10,12,14,19,24H,11,13,15-18,20-21H2,(H,36,37). The fourth-order valence-corrected chi connectivity index (χ4v) is 5.51. The second kappa shape index (κ2) is 11.5. The van der Waals surface area contributed by atoms with Gasteiger partial charge in [0.25, 0.3) is 0 Å². The van der Waals surface area contributed by atoms with Crippen molar-refractivity contribution in [3.05, 3.63) is 102 Å². The number of amides is 1. The average molecular weight is 515 g/mol. The fourth-order valence-electron chi connectivity index (χ4n) is 5.51. The van der Waals surface area contributed by atoms with Crippen molar-refractivity contribution in [2.24, 2.45) is 0 Å². The Hall–Kier alpha value is -4.13. The molecule has 0 radical (unpaired) electrons. The molecule has 0 spiro atoms. The Labute approximate surface area is 221 Å². The molecule has 7 heteroatoms. The summed E-state index contributed by atoms with van der Waals surface area (Å²) in [5, 5.41) is 10.2. The molecule has 0 aliphatic heterocycles. The number of carbonyl (C=O) groups excluding carboxylic acids is 1. The molecule has 6 nitrogen and oxygen atoms in total. The van der Waals surface area contributed by atoms with E-state index in [1.54, 1.807) is 10.6 Å². The van der Waals surface area contributed by atoms with E-state index in [4.69, 9.17) is 4.74 Å². The van der Waals surface area contributed by atoms with E-state index in [2.05, 4.69) is 0 Å². The zero-order valence-electron chi connectivity index (χ0n) is 21.2. The number of ether oxygens (including phenoxy) is 1. The smallest absolute Gasteiger partial charge is 0.323 e. The Bertz CT molecular complexity index is 1420. The molecule has 1 aliphatic rings. The van der Waals surface area contributed by atoms with Gasteiger partial charge in [-0.15, -0.1) is 0 Å². The molecule has 0 saturated heterocycles. The predicted molar refractivity (Wildman–Crippen MR) is 144 cm³/mol. The molecule has 0 fully saturated rings. The van der Waals surface area contributed by atoms with Crippen molar-refractivity contribution in [3.63, 3.8) is 0 Å². The van der Waals surface area contributed by atoms with Crippen LogP contribution in [-0.2, 0) is 35.4 Å². The lowest BCUT2D eigenvalue weighted by Gasteiger charge is -2.35. The Kier molecular flexibility index (Phi) is 7.73. The largest absolute Gasteiger partial charge is 0.492 e. The number of carbonyl (C=O) groups is 2. The number of halogens is 1. The summed E-state index contributed by atoms with van der Waals surface area (Å²) in [6.07, 6.45) is 2.90. The minimum absolute atomic E-state index is 0.0550. The number of carboxylic acids is 1. The zero-order valence-corrected chi connectivity index (χ0v) is 21.2. The number of hydrogen-bond donors (Lipinski definition) is 1. The Morgan fingerprint density at radius 2 is 1.76 bits per heavy atom. The van der Waals surface area contributed by atoms with E-state index in [0.717, 1.165) is 28.0 Å². The van der Waals surface area contributed by atoms with Gasteiger partial charge in [-0.05, 0) is 67.1 Å². The number of nitrogens with zero attached hydrogens (tertiary/aromatic N) is 2. The zero-order chi connectivity index (χ0) is 26.5. The number of aromatic nitrogens is 1. The van der Waals surface area contributed by atoms with Crippen LogP contribution in [0, 0.1) is 5.82 Å².